The van der Waals surface area contributed by atoms with Gasteiger partial charge in [-0.3, -0.25) is 4.90 Å². The first kappa shape index (κ1) is 19.9. The molecule has 8 heteroatoms. The lowest BCUT2D eigenvalue weighted by Gasteiger charge is -2.34. The summed E-state index contributed by atoms with van der Waals surface area (Å²) in [6, 6.07) is 3.40. The number of nitrogens with zero attached hydrogens (tertiary/aromatic N) is 2. The number of halogens is 4. The van der Waals surface area contributed by atoms with Crippen molar-refractivity contribution in [2.75, 3.05) is 32.9 Å². The van der Waals surface area contributed by atoms with Crippen molar-refractivity contribution in [1.29, 1.82) is 5.26 Å². The van der Waals surface area contributed by atoms with E-state index in [9.17, 15) is 13.9 Å². The van der Waals surface area contributed by atoms with Crippen LogP contribution in [0.4, 0.5) is 8.78 Å². The molecule has 1 aromatic rings. The summed E-state index contributed by atoms with van der Waals surface area (Å²) in [4.78, 5) is 1.88. The maximum Gasteiger partial charge on any atom is 0.144 e. The Hall–Kier alpha value is -1.13. The van der Waals surface area contributed by atoms with E-state index < -0.39 is 29.8 Å². The fourth-order valence-corrected chi connectivity index (χ4v) is 2.33. The number of phenolic OH excluding ortho intramolecular Hbond substituents is 1. The average Bonchev–Trinajstić information content (AvgIpc) is 2.44. The number of aromatic hydroxyl groups is 1. The van der Waals surface area contributed by atoms with Gasteiger partial charge in [-0.25, -0.2) is 8.78 Å². The molecule has 1 fully saturated rings. The van der Waals surface area contributed by atoms with Crippen LogP contribution in [0.1, 0.15) is 17.2 Å². The van der Waals surface area contributed by atoms with E-state index in [0.29, 0.717) is 13.1 Å². The normalized spacial score (nSPS) is 16.2. The molecule has 1 aliphatic heterocycles. The van der Waals surface area contributed by atoms with Crippen LogP contribution < -0.4 is 5.32 Å². The maximum absolute atomic E-state index is 13.3. The largest absolute Gasteiger partial charge is 0.506 e. The van der Waals surface area contributed by atoms with Crippen LogP contribution >= 0.6 is 24.8 Å². The SMILES string of the molecule is Cl.Cl.N#Cc1c(F)ccc([C@@H](CF)N2CCNCC2)c1O. The van der Waals surface area contributed by atoms with E-state index in [1.807, 2.05) is 4.90 Å². The Kier molecular flexibility index (Phi) is 8.52. The second kappa shape index (κ2) is 9.00. The molecule has 1 heterocycles. The van der Waals surface area contributed by atoms with Gasteiger partial charge in [0, 0.05) is 31.7 Å². The zero-order valence-corrected chi connectivity index (χ0v) is 12.8. The van der Waals surface area contributed by atoms with E-state index in [4.69, 9.17) is 5.26 Å². The monoisotopic (exact) mass is 339 g/mol. The first-order chi connectivity index (χ1) is 9.19. The van der Waals surface area contributed by atoms with Crippen LogP contribution in [0.5, 0.6) is 5.75 Å². The van der Waals surface area contributed by atoms with Gasteiger partial charge < -0.3 is 10.4 Å². The first-order valence-corrected chi connectivity index (χ1v) is 6.11. The third-order valence-electron chi connectivity index (χ3n) is 3.37. The number of piperazine rings is 1. The van der Waals surface area contributed by atoms with Gasteiger partial charge in [0.2, 0.25) is 0 Å². The summed E-state index contributed by atoms with van der Waals surface area (Å²) in [5.74, 6) is -1.25. The van der Waals surface area contributed by atoms with Crippen molar-refractivity contribution in [3.05, 3.63) is 29.1 Å². The molecule has 4 nitrogen and oxygen atoms in total. The standard InChI is InChI=1S/C13H15F2N3O.2ClH/c14-7-12(18-5-3-17-4-6-18)9-1-2-11(15)10(8-16)13(9)19;;/h1-2,12,17,19H,3-7H2;2*1H/t12-;;/m1../s1. The molecule has 0 aromatic heterocycles. The van der Waals surface area contributed by atoms with Crippen LogP contribution in [0.25, 0.3) is 0 Å². The molecule has 0 spiro atoms. The van der Waals surface area contributed by atoms with Gasteiger partial charge in [0.15, 0.2) is 0 Å². The first-order valence-electron chi connectivity index (χ1n) is 6.11. The predicted octanol–water partition coefficient (Wildman–Crippen LogP) is 2.16. The Balaban J connectivity index is 0.00000200. The lowest BCUT2D eigenvalue weighted by Crippen LogP contribution is -2.45. The summed E-state index contributed by atoms with van der Waals surface area (Å²) in [7, 11) is 0. The van der Waals surface area contributed by atoms with Gasteiger partial charge in [-0.05, 0) is 6.07 Å². The number of nitriles is 1. The van der Waals surface area contributed by atoms with Gasteiger partial charge in [0.25, 0.3) is 0 Å². The van der Waals surface area contributed by atoms with Crippen molar-refractivity contribution >= 4 is 24.8 Å². The Morgan fingerprint density at radius 3 is 2.48 bits per heavy atom. The van der Waals surface area contributed by atoms with Crippen molar-refractivity contribution < 1.29 is 13.9 Å². The van der Waals surface area contributed by atoms with Crippen molar-refractivity contribution in [3.63, 3.8) is 0 Å². The molecular weight excluding hydrogens is 323 g/mol. The molecule has 0 unspecified atom stereocenters. The highest BCUT2D eigenvalue weighted by Gasteiger charge is 2.26. The Morgan fingerprint density at radius 2 is 1.95 bits per heavy atom. The summed E-state index contributed by atoms with van der Waals surface area (Å²) in [6.45, 7) is 2.08. The minimum atomic E-state index is -0.790. The number of benzene rings is 1. The molecule has 1 aromatic carbocycles. The van der Waals surface area contributed by atoms with Crippen LogP contribution in [0.15, 0.2) is 12.1 Å². The highest BCUT2D eigenvalue weighted by atomic mass is 35.5. The third-order valence-corrected chi connectivity index (χ3v) is 3.37. The fourth-order valence-electron chi connectivity index (χ4n) is 2.33. The zero-order valence-electron chi connectivity index (χ0n) is 11.2. The van der Waals surface area contributed by atoms with Crippen molar-refractivity contribution in [1.82, 2.24) is 10.2 Å². The topological polar surface area (TPSA) is 59.3 Å². The molecule has 0 amide bonds. The summed E-state index contributed by atoms with van der Waals surface area (Å²) >= 11 is 0. The van der Waals surface area contributed by atoms with Gasteiger partial charge >= 0.3 is 0 Å². The lowest BCUT2D eigenvalue weighted by atomic mass is 10.0. The smallest absolute Gasteiger partial charge is 0.144 e. The minimum Gasteiger partial charge on any atom is -0.506 e. The van der Waals surface area contributed by atoms with Crippen LogP contribution in [0, 0.1) is 17.1 Å². The van der Waals surface area contributed by atoms with Gasteiger partial charge in [-0.1, -0.05) is 6.07 Å². The molecule has 21 heavy (non-hydrogen) atoms. The van der Waals surface area contributed by atoms with Crippen LogP contribution in [0.3, 0.4) is 0 Å². The van der Waals surface area contributed by atoms with Crippen molar-refractivity contribution in [2.24, 2.45) is 0 Å². The summed E-state index contributed by atoms with van der Waals surface area (Å²) in [5.41, 5.74) is -0.159. The number of nitrogens with one attached hydrogen (secondary N) is 1. The highest BCUT2D eigenvalue weighted by Crippen LogP contribution is 2.33. The van der Waals surface area contributed by atoms with E-state index in [1.54, 1.807) is 6.07 Å². The van der Waals surface area contributed by atoms with E-state index >= 15 is 0 Å². The van der Waals surface area contributed by atoms with E-state index in [-0.39, 0.29) is 30.4 Å². The molecule has 0 saturated carbocycles. The van der Waals surface area contributed by atoms with Gasteiger partial charge in [-0.15, -0.1) is 24.8 Å². The lowest BCUT2D eigenvalue weighted by molar-refractivity contribution is 0.145. The van der Waals surface area contributed by atoms with Gasteiger partial charge in [0.05, 0.1) is 6.04 Å². The van der Waals surface area contributed by atoms with Crippen molar-refractivity contribution in [3.8, 4) is 11.8 Å². The van der Waals surface area contributed by atoms with Crippen LogP contribution in [0.2, 0.25) is 0 Å². The van der Waals surface area contributed by atoms with E-state index in [1.165, 1.54) is 6.07 Å². The van der Waals surface area contributed by atoms with Gasteiger partial charge in [0.1, 0.15) is 29.9 Å². The molecule has 118 valence electrons. The second-order valence-electron chi connectivity index (χ2n) is 4.43. The molecule has 0 bridgehead atoms. The molecule has 1 saturated heterocycles. The van der Waals surface area contributed by atoms with Crippen LogP contribution in [-0.2, 0) is 0 Å². The van der Waals surface area contributed by atoms with E-state index in [0.717, 1.165) is 19.2 Å². The summed E-state index contributed by atoms with van der Waals surface area (Å²) < 4.78 is 26.6. The average molecular weight is 340 g/mol. The van der Waals surface area contributed by atoms with E-state index in [2.05, 4.69) is 5.32 Å². The number of phenols is 1. The van der Waals surface area contributed by atoms with Gasteiger partial charge in [-0.2, -0.15) is 5.26 Å². The summed E-state index contributed by atoms with van der Waals surface area (Å²) in [5, 5.41) is 21.9. The quantitative estimate of drug-likeness (QED) is 0.885. The summed E-state index contributed by atoms with van der Waals surface area (Å²) in [6.07, 6.45) is 0. The van der Waals surface area contributed by atoms with Crippen molar-refractivity contribution in [2.45, 2.75) is 6.04 Å². The fraction of sp³-hybridized carbons (Fsp3) is 0.462. The highest BCUT2D eigenvalue weighted by molar-refractivity contribution is 5.85. The molecule has 0 radical (unpaired) electrons. The molecular formula is C13H17Cl2F2N3O. The Bertz CT molecular complexity index is 505. The number of rotatable bonds is 3. The number of alkyl halides is 1. The molecule has 2 N–H and O–H groups in total. The Morgan fingerprint density at radius 1 is 1.33 bits per heavy atom. The minimum absolute atomic E-state index is 0. The number of hydrogen-bond donors (Lipinski definition) is 2. The molecule has 1 atom stereocenters. The third kappa shape index (κ3) is 4.17. The van der Waals surface area contributed by atoms with Crippen LogP contribution in [-0.4, -0.2) is 42.9 Å². The Labute approximate surface area is 134 Å². The zero-order chi connectivity index (χ0) is 13.8. The maximum atomic E-state index is 13.3. The second-order valence-corrected chi connectivity index (χ2v) is 4.43. The molecule has 2 rings (SSSR count). The molecule has 0 aliphatic carbocycles. The number of hydrogen-bond acceptors (Lipinski definition) is 4. The molecule has 1 aliphatic rings. The predicted molar refractivity (Wildman–Crippen MR) is 80.4 cm³/mol.